The Morgan fingerprint density at radius 3 is 3.00 bits per heavy atom. The maximum Gasteiger partial charge on any atom is 0.132 e. The third-order valence-electron chi connectivity index (χ3n) is 3.57. The molecule has 20 heavy (non-hydrogen) atoms. The van der Waals surface area contributed by atoms with Crippen LogP contribution in [0.2, 0.25) is 0 Å². The number of aromatic nitrogens is 2. The van der Waals surface area contributed by atoms with Crippen LogP contribution in [0.5, 0.6) is 0 Å². The van der Waals surface area contributed by atoms with E-state index in [1.54, 1.807) is 0 Å². The van der Waals surface area contributed by atoms with E-state index in [-0.39, 0.29) is 0 Å². The predicted molar refractivity (Wildman–Crippen MR) is 81.3 cm³/mol. The van der Waals surface area contributed by atoms with Crippen molar-refractivity contribution >= 4 is 5.82 Å². The standard InChI is InChI=1S/C15H26N4O/c1-4-6-16-10-14-11-20-8-7-19(14)15-9-13(5-2)17-12(3)18-15/h9,14,16H,4-8,10-11H2,1-3H3. The van der Waals surface area contributed by atoms with Crippen molar-refractivity contribution in [1.82, 2.24) is 15.3 Å². The van der Waals surface area contributed by atoms with E-state index in [1.165, 1.54) is 0 Å². The number of rotatable bonds is 6. The highest BCUT2D eigenvalue weighted by atomic mass is 16.5. The molecular formula is C15H26N4O. The number of morpholine rings is 1. The minimum Gasteiger partial charge on any atom is -0.377 e. The van der Waals surface area contributed by atoms with Gasteiger partial charge < -0.3 is 15.0 Å². The Bertz CT molecular complexity index is 424. The minimum absolute atomic E-state index is 0.356. The fourth-order valence-corrected chi connectivity index (χ4v) is 2.51. The molecule has 0 bridgehead atoms. The largest absolute Gasteiger partial charge is 0.377 e. The monoisotopic (exact) mass is 278 g/mol. The number of nitrogens with one attached hydrogen (secondary N) is 1. The number of nitrogens with zero attached hydrogens (tertiary/aromatic N) is 3. The lowest BCUT2D eigenvalue weighted by molar-refractivity contribution is 0.0933. The third kappa shape index (κ3) is 3.90. The maximum atomic E-state index is 5.63. The van der Waals surface area contributed by atoms with Crippen LogP contribution in [0.15, 0.2) is 6.07 Å². The van der Waals surface area contributed by atoms with E-state index in [0.29, 0.717) is 6.04 Å². The Morgan fingerprint density at radius 1 is 1.40 bits per heavy atom. The summed E-state index contributed by atoms with van der Waals surface area (Å²) in [5.74, 6) is 1.90. The number of hydrogen-bond donors (Lipinski definition) is 1. The summed E-state index contributed by atoms with van der Waals surface area (Å²) in [6, 6.07) is 2.47. The van der Waals surface area contributed by atoms with Gasteiger partial charge in [0.2, 0.25) is 0 Å². The Morgan fingerprint density at radius 2 is 2.25 bits per heavy atom. The normalized spacial score (nSPS) is 19.4. The number of anilines is 1. The van der Waals surface area contributed by atoms with Crippen molar-refractivity contribution in [2.75, 3.05) is 37.7 Å². The molecule has 1 fully saturated rings. The van der Waals surface area contributed by atoms with Gasteiger partial charge in [-0.05, 0) is 26.3 Å². The van der Waals surface area contributed by atoms with Crippen LogP contribution in [0.3, 0.4) is 0 Å². The lowest BCUT2D eigenvalue weighted by atomic mass is 10.2. The average molecular weight is 278 g/mol. The van der Waals surface area contributed by atoms with E-state index in [1.807, 2.05) is 6.92 Å². The van der Waals surface area contributed by atoms with E-state index in [4.69, 9.17) is 4.74 Å². The van der Waals surface area contributed by atoms with Crippen LogP contribution in [0.25, 0.3) is 0 Å². The van der Waals surface area contributed by atoms with Gasteiger partial charge in [0.25, 0.3) is 0 Å². The summed E-state index contributed by atoms with van der Waals surface area (Å²) in [4.78, 5) is 11.4. The van der Waals surface area contributed by atoms with E-state index < -0.39 is 0 Å². The van der Waals surface area contributed by atoms with Gasteiger partial charge in [-0.1, -0.05) is 13.8 Å². The van der Waals surface area contributed by atoms with E-state index in [9.17, 15) is 0 Å². The fraction of sp³-hybridized carbons (Fsp3) is 0.733. The molecular weight excluding hydrogens is 252 g/mol. The summed E-state index contributed by atoms with van der Waals surface area (Å²) in [6.45, 7) is 10.7. The Balaban J connectivity index is 2.12. The maximum absolute atomic E-state index is 5.63. The van der Waals surface area contributed by atoms with Crippen molar-refractivity contribution in [1.29, 1.82) is 0 Å². The second-order valence-electron chi connectivity index (χ2n) is 5.24. The molecule has 5 heteroatoms. The molecule has 0 saturated carbocycles. The zero-order valence-corrected chi connectivity index (χ0v) is 12.9. The van der Waals surface area contributed by atoms with Gasteiger partial charge in [0, 0.05) is 24.8 Å². The van der Waals surface area contributed by atoms with Gasteiger partial charge in [-0.2, -0.15) is 0 Å². The van der Waals surface area contributed by atoms with Crippen LogP contribution in [0.4, 0.5) is 5.82 Å². The highest BCUT2D eigenvalue weighted by Crippen LogP contribution is 2.18. The van der Waals surface area contributed by atoms with Crippen molar-refractivity contribution in [2.24, 2.45) is 0 Å². The molecule has 0 radical (unpaired) electrons. The van der Waals surface area contributed by atoms with Crippen molar-refractivity contribution in [3.05, 3.63) is 17.6 Å². The van der Waals surface area contributed by atoms with Gasteiger partial charge in [-0.15, -0.1) is 0 Å². The Kier molecular flexibility index (Phi) is 5.73. The quantitative estimate of drug-likeness (QED) is 0.800. The molecule has 1 atom stereocenters. The summed E-state index contributed by atoms with van der Waals surface area (Å²) >= 11 is 0. The van der Waals surface area contributed by atoms with E-state index in [2.05, 4.69) is 40.1 Å². The summed E-state index contributed by atoms with van der Waals surface area (Å²) in [7, 11) is 0. The van der Waals surface area contributed by atoms with Gasteiger partial charge in [-0.25, -0.2) is 9.97 Å². The number of ether oxygens (including phenoxy) is 1. The molecule has 2 heterocycles. The lowest BCUT2D eigenvalue weighted by Gasteiger charge is -2.36. The third-order valence-corrected chi connectivity index (χ3v) is 3.57. The molecule has 1 aromatic rings. The van der Waals surface area contributed by atoms with Crippen LogP contribution in [0, 0.1) is 6.92 Å². The van der Waals surface area contributed by atoms with Gasteiger partial charge in [0.1, 0.15) is 11.6 Å². The molecule has 0 aliphatic carbocycles. The smallest absolute Gasteiger partial charge is 0.132 e. The second-order valence-corrected chi connectivity index (χ2v) is 5.24. The lowest BCUT2D eigenvalue weighted by Crippen LogP contribution is -2.51. The van der Waals surface area contributed by atoms with Gasteiger partial charge >= 0.3 is 0 Å². The molecule has 2 rings (SSSR count). The first kappa shape index (κ1) is 15.2. The molecule has 1 aliphatic rings. The first-order valence-electron chi connectivity index (χ1n) is 7.64. The molecule has 112 valence electrons. The van der Waals surface area contributed by atoms with Crippen molar-refractivity contribution < 1.29 is 4.74 Å². The molecule has 1 N–H and O–H groups in total. The minimum atomic E-state index is 0.356. The first-order valence-corrected chi connectivity index (χ1v) is 7.64. The molecule has 0 amide bonds. The van der Waals surface area contributed by atoms with Gasteiger partial charge in [0.05, 0.1) is 19.3 Å². The topological polar surface area (TPSA) is 50.3 Å². The number of hydrogen-bond acceptors (Lipinski definition) is 5. The van der Waals surface area contributed by atoms with Crippen LogP contribution in [0.1, 0.15) is 31.8 Å². The number of aryl methyl sites for hydroxylation is 2. The Hall–Kier alpha value is -1.20. The summed E-state index contributed by atoms with van der Waals surface area (Å²) < 4.78 is 5.63. The summed E-state index contributed by atoms with van der Waals surface area (Å²) in [6.07, 6.45) is 2.10. The summed E-state index contributed by atoms with van der Waals surface area (Å²) in [5, 5.41) is 3.48. The zero-order chi connectivity index (χ0) is 14.4. The molecule has 0 spiro atoms. The Labute approximate surface area is 121 Å². The van der Waals surface area contributed by atoms with Gasteiger partial charge in [-0.3, -0.25) is 0 Å². The van der Waals surface area contributed by atoms with Crippen LogP contribution in [-0.2, 0) is 11.2 Å². The molecule has 1 unspecified atom stereocenters. The average Bonchev–Trinajstić information content (AvgIpc) is 2.47. The highest BCUT2D eigenvalue weighted by molar-refractivity contribution is 5.42. The van der Waals surface area contributed by atoms with Crippen molar-refractivity contribution in [3.8, 4) is 0 Å². The van der Waals surface area contributed by atoms with Crippen molar-refractivity contribution in [3.63, 3.8) is 0 Å². The molecule has 5 nitrogen and oxygen atoms in total. The van der Waals surface area contributed by atoms with Crippen LogP contribution < -0.4 is 10.2 Å². The predicted octanol–water partition coefficient (Wildman–Crippen LogP) is 1.55. The molecule has 1 aromatic heterocycles. The highest BCUT2D eigenvalue weighted by Gasteiger charge is 2.24. The fourth-order valence-electron chi connectivity index (χ4n) is 2.51. The molecule has 1 saturated heterocycles. The zero-order valence-electron chi connectivity index (χ0n) is 12.9. The molecule has 0 aromatic carbocycles. The SMILES string of the molecule is CCCNCC1COCCN1c1cc(CC)nc(C)n1. The second kappa shape index (κ2) is 7.55. The molecule has 1 aliphatic heterocycles. The summed E-state index contributed by atoms with van der Waals surface area (Å²) in [5.41, 5.74) is 1.11. The van der Waals surface area contributed by atoms with Gasteiger partial charge in [0.15, 0.2) is 0 Å². The van der Waals surface area contributed by atoms with Crippen molar-refractivity contribution in [2.45, 2.75) is 39.7 Å². The van der Waals surface area contributed by atoms with E-state index in [0.717, 1.165) is 63.0 Å². The first-order chi connectivity index (χ1) is 9.74. The van der Waals surface area contributed by atoms with Crippen LogP contribution >= 0.6 is 0 Å². The van der Waals surface area contributed by atoms with E-state index >= 15 is 0 Å². The van der Waals surface area contributed by atoms with Crippen LogP contribution in [-0.4, -0.2) is 48.9 Å².